The number of hydrogen-bond acceptors (Lipinski definition) is 4. The first-order valence-corrected chi connectivity index (χ1v) is 9.39. The molecule has 2 atom stereocenters. The highest BCUT2D eigenvalue weighted by molar-refractivity contribution is 5.82. The van der Waals surface area contributed by atoms with Crippen molar-refractivity contribution in [3.05, 3.63) is 18.2 Å². The van der Waals surface area contributed by atoms with Gasteiger partial charge in [0.1, 0.15) is 5.82 Å². The van der Waals surface area contributed by atoms with Crippen LogP contribution in [0.2, 0.25) is 0 Å². The first kappa shape index (κ1) is 17.4. The Morgan fingerprint density at radius 3 is 2.62 bits per heavy atom. The molecule has 6 nitrogen and oxygen atoms in total. The average Bonchev–Trinajstić information content (AvgIpc) is 3.06. The number of aromatic nitrogens is 2. The zero-order chi connectivity index (χ0) is 17.1. The third-order valence-corrected chi connectivity index (χ3v) is 5.67. The molecule has 1 amide bonds. The van der Waals surface area contributed by atoms with E-state index in [-0.39, 0.29) is 12.1 Å². The van der Waals surface area contributed by atoms with Crippen LogP contribution < -0.4 is 0 Å². The van der Waals surface area contributed by atoms with Gasteiger partial charge in [0.25, 0.3) is 0 Å². The number of likely N-dealkylation sites (tertiary alicyclic amines) is 1. The van der Waals surface area contributed by atoms with Gasteiger partial charge in [0.2, 0.25) is 5.91 Å². The van der Waals surface area contributed by atoms with Gasteiger partial charge in [-0.3, -0.25) is 14.6 Å². The Morgan fingerprint density at radius 1 is 1.17 bits per heavy atom. The summed E-state index contributed by atoms with van der Waals surface area (Å²) in [5.74, 6) is 1.39. The number of rotatable bonds is 4. The number of aryl methyl sites for hydroxylation is 1. The SMILES string of the molecule is CCN1CCCC[C@@H]1C(=O)N1CCN(CC)[C@H](c2nccn2C)C1. The number of imidazole rings is 1. The molecule has 0 aliphatic carbocycles. The van der Waals surface area contributed by atoms with E-state index < -0.39 is 0 Å². The van der Waals surface area contributed by atoms with Crippen LogP contribution in [0.5, 0.6) is 0 Å². The van der Waals surface area contributed by atoms with Crippen molar-refractivity contribution in [1.82, 2.24) is 24.3 Å². The lowest BCUT2D eigenvalue weighted by atomic mass is 10.00. The lowest BCUT2D eigenvalue weighted by molar-refractivity contribution is -0.141. The second-order valence-corrected chi connectivity index (χ2v) is 6.97. The van der Waals surface area contributed by atoms with Gasteiger partial charge in [0.05, 0.1) is 12.1 Å². The molecule has 3 rings (SSSR count). The molecule has 0 N–H and O–H groups in total. The molecule has 134 valence electrons. The third-order valence-electron chi connectivity index (χ3n) is 5.67. The summed E-state index contributed by atoms with van der Waals surface area (Å²) in [4.78, 5) is 24.6. The third kappa shape index (κ3) is 3.35. The van der Waals surface area contributed by atoms with Crippen molar-refractivity contribution in [1.29, 1.82) is 0 Å². The minimum absolute atomic E-state index is 0.0824. The van der Waals surface area contributed by atoms with Crippen LogP contribution in [0.3, 0.4) is 0 Å². The topological polar surface area (TPSA) is 44.6 Å². The van der Waals surface area contributed by atoms with Gasteiger partial charge in [0.15, 0.2) is 0 Å². The summed E-state index contributed by atoms with van der Waals surface area (Å²) >= 11 is 0. The molecule has 1 aromatic heterocycles. The first-order chi connectivity index (χ1) is 11.7. The molecule has 2 aliphatic rings. The highest BCUT2D eigenvalue weighted by atomic mass is 16.2. The quantitative estimate of drug-likeness (QED) is 0.838. The highest BCUT2D eigenvalue weighted by Crippen LogP contribution is 2.26. The van der Waals surface area contributed by atoms with Crippen LogP contribution in [0.4, 0.5) is 0 Å². The smallest absolute Gasteiger partial charge is 0.240 e. The number of piperidine rings is 1. The number of likely N-dealkylation sites (N-methyl/N-ethyl adjacent to an activating group) is 2. The first-order valence-electron chi connectivity index (χ1n) is 9.39. The fraction of sp³-hybridized carbons (Fsp3) is 0.778. The molecule has 2 aliphatic heterocycles. The standard InChI is InChI=1S/C18H31N5O/c1-4-21-10-7-6-8-15(21)18(24)23-13-12-22(5-2)16(14-23)17-19-9-11-20(17)3/h9,11,15-16H,4-8,10,12-14H2,1-3H3/t15-,16+/m1/s1. The zero-order valence-corrected chi connectivity index (χ0v) is 15.3. The molecule has 0 bridgehead atoms. The van der Waals surface area contributed by atoms with Crippen molar-refractivity contribution in [2.45, 2.75) is 45.2 Å². The van der Waals surface area contributed by atoms with E-state index in [1.54, 1.807) is 0 Å². The second kappa shape index (κ2) is 7.66. The number of hydrogen-bond donors (Lipinski definition) is 0. The molecule has 6 heteroatoms. The largest absolute Gasteiger partial charge is 0.338 e. The second-order valence-electron chi connectivity index (χ2n) is 6.97. The van der Waals surface area contributed by atoms with Crippen molar-refractivity contribution in [3.8, 4) is 0 Å². The van der Waals surface area contributed by atoms with Crippen LogP contribution in [0.15, 0.2) is 12.4 Å². The van der Waals surface area contributed by atoms with Crippen molar-refractivity contribution < 1.29 is 4.79 Å². The van der Waals surface area contributed by atoms with E-state index in [0.717, 1.165) is 51.5 Å². The van der Waals surface area contributed by atoms with Gasteiger partial charge in [-0.15, -0.1) is 0 Å². The summed E-state index contributed by atoms with van der Waals surface area (Å²) in [6.45, 7) is 9.89. The van der Waals surface area contributed by atoms with Crippen molar-refractivity contribution in [2.75, 3.05) is 39.3 Å². The van der Waals surface area contributed by atoms with Crippen molar-refractivity contribution in [2.24, 2.45) is 7.05 Å². The molecule has 3 heterocycles. The van der Waals surface area contributed by atoms with E-state index in [0.29, 0.717) is 5.91 Å². The summed E-state index contributed by atoms with van der Waals surface area (Å²) in [6, 6.07) is 0.283. The minimum atomic E-state index is 0.0824. The van der Waals surface area contributed by atoms with Crippen LogP contribution in [-0.4, -0.2) is 75.5 Å². The van der Waals surface area contributed by atoms with Gasteiger partial charge in [-0.2, -0.15) is 0 Å². The van der Waals surface area contributed by atoms with E-state index in [1.807, 2.05) is 19.4 Å². The van der Waals surface area contributed by atoms with Gasteiger partial charge in [-0.05, 0) is 32.5 Å². The van der Waals surface area contributed by atoms with Gasteiger partial charge in [0, 0.05) is 39.1 Å². The predicted octanol–water partition coefficient (Wildman–Crippen LogP) is 1.50. The number of amides is 1. The maximum absolute atomic E-state index is 13.2. The molecule has 24 heavy (non-hydrogen) atoms. The van der Waals surface area contributed by atoms with Crippen LogP contribution >= 0.6 is 0 Å². The number of nitrogens with zero attached hydrogens (tertiary/aromatic N) is 5. The summed E-state index contributed by atoms with van der Waals surface area (Å²) < 4.78 is 2.08. The fourth-order valence-electron chi connectivity index (χ4n) is 4.20. The van der Waals surface area contributed by atoms with E-state index in [9.17, 15) is 4.79 Å². The maximum Gasteiger partial charge on any atom is 0.240 e. The van der Waals surface area contributed by atoms with E-state index in [2.05, 4.69) is 38.1 Å². The number of carbonyl (C=O) groups excluding carboxylic acids is 1. The highest BCUT2D eigenvalue weighted by Gasteiger charge is 2.36. The van der Waals surface area contributed by atoms with Gasteiger partial charge < -0.3 is 9.47 Å². The molecular weight excluding hydrogens is 302 g/mol. The number of carbonyl (C=O) groups is 1. The van der Waals surface area contributed by atoms with Crippen LogP contribution in [-0.2, 0) is 11.8 Å². The molecule has 2 fully saturated rings. The van der Waals surface area contributed by atoms with Crippen molar-refractivity contribution in [3.63, 3.8) is 0 Å². The normalized spacial score (nSPS) is 26.7. The summed E-state index contributed by atoms with van der Waals surface area (Å²) in [5, 5.41) is 0. The Morgan fingerprint density at radius 2 is 1.96 bits per heavy atom. The number of piperazine rings is 1. The Balaban J connectivity index is 1.75. The molecule has 2 saturated heterocycles. The van der Waals surface area contributed by atoms with Crippen LogP contribution in [0.1, 0.15) is 45.0 Å². The van der Waals surface area contributed by atoms with E-state index >= 15 is 0 Å². The predicted molar refractivity (Wildman–Crippen MR) is 94.7 cm³/mol. The molecule has 0 unspecified atom stereocenters. The Bertz CT molecular complexity index is 557. The molecule has 0 aromatic carbocycles. The van der Waals surface area contributed by atoms with Gasteiger partial charge in [-0.1, -0.05) is 20.3 Å². The summed E-state index contributed by atoms with van der Waals surface area (Å²) in [7, 11) is 2.04. The van der Waals surface area contributed by atoms with Gasteiger partial charge in [-0.25, -0.2) is 4.98 Å². The van der Waals surface area contributed by atoms with Crippen molar-refractivity contribution >= 4 is 5.91 Å². The molecule has 0 radical (unpaired) electrons. The zero-order valence-electron chi connectivity index (χ0n) is 15.3. The Hall–Kier alpha value is -1.40. The molecule has 0 saturated carbocycles. The lowest BCUT2D eigenvalue weighted by Gasteiger charge is -2.43. The van der Waals surface area contributed by atoms with Gasteiger partial charge >= 0.3 is 0 Å². The lowest BCUT2D eigenvalue weighted by Crippen LogP contribution is -2.57. The molecule has 1 aromatic rings. The molecule has 0 spiro atoms. The van der Waals surface area contributed by atoms with E-state index in [4.69, 9.17) is 0 Å². The summed E-state index contributed by atoms with van der Waals surface area (Å²) in [5.41, 5.74) is 0. The maximum atomic E-state index is 13.2. The monoisotopic (exact) mass is 333 g/mol. The average molecular weight is 333 g/mol. The summed E-state index contributed by atoms with van der Waals surface area (Å²) in [6.07, 6.45) is 7.24. The van der Waals surface area contributed by atoms with Crippen LogP contribution in [0, 0.1) is 0 Å². The Labute approximate surface area is 145 Å². The molecular formula is C18H31N5O. The van der Waals surface area contributed by atoms with Crippen LogP contribution in [0.25, 0.3) is 0 Å². The fourth-order valence-corrected chi connectivity index (χ4v) is 4.20. The van der Waals surface area contributed by atoms with E-state index in [1.165, 1.54) is 12.8 Å². The minimum Gasteiger partial charge on any atom is -0.338 e. The Kier molecular flexibility index (Phi) is 5.56.